The normalized spacial score (nSPS) is 23.2. The van der Waals surface area contributed by atoms with Crippen LogP contribution in [0.2, 0.25) is 0 Å². The average Bonchev–Trinajstić information content (AvgIpc) is 2.59. The molecule has 0 aromatic rings. The lowest BCUT2D eigenvalue weighted by Gasteiger charge is -2.25. The summed E-state index contributed by atoms with van der Waals surface area (Å²) >= 11 is 0. The molecule has 0 aliphatic carbocycles. The van der Waals surface area contributed by atoms with E-state index < -0.39 is 0 Å². The van der Waals surface area contributed by atoms with Gasteiger partial charge >= 0.3 is 0 Å². The molecule has 2 aliphatic rings. The van der Waals surface area contributed by atoms with Gasteiger partial charge in [-0.05, 0) is 6.42 Å². The van der Waals surface area contributed by atoms with Crippen LogP contribution < -0.4 is 0 Å². The summed E-state index contributed by atoms with van der Waals surface area (Å²) in [6.07, 6.45) is 7.39. The topological polar surface area (TPSA) is 18.8 Å². The Kier molecular flexibility index (Phi) is 1.34. The van der Waals surface area contributed by atoms with Gasteiger partial charge in [0, 0.05) is 12.7 Å². The van der Waals surface area contributed by atoms with E-state index in [4.69, 9.17) is 0 Å². The molecule has 0 atom stereocenters. The van der Waals surface area contributed by atoms with Crippen LogP contribution in [0.5, 0.6) is 0 Å². The Balaban J connectivity index is 1.98. The average molecular weight is 137 g/mol. The highest BCUT2D eigenvalue weighted by molar-refractivity contribution is 5.56. The molecule has 0 amide bonds. The summed E-state index contributed by atoms with van der Waals surface area (Å²) < 4.78 is 0. The van der Waals surface area contributed by atoms with E-state index >= 15 is 0 Å². The summed E-state index contributed by atoms with van der Waals surface area (Å²) in [5.41, 5.74) is 0. The van der Waals surface area contributed by atoms with Crippen molar-refractivity contribution in [1.29, 1.82) is 0 Å². The van der Waals surface area contributed by atoms with Gasteiger partial charge in [-0.1, -0.05) is 6.08 Å². The van der Waals surface area contributed by atoms with Crippen molar-refractivity contribution in [2.75, 3.05) is 19.6 Å². The highest BCUT2D eigenvalue weighted by atomic mass is 15.6. The molecular weight excluding hydrogens is 126 g/mol. The lowest BCUT2D eigenvalue weighted by Crippen LogP contribution is -2.35. The van der Waals surface area contributed by atoms with E-state index in [1.165, 1.54) is 6.42 Å². The molecule has 10 heavy (non-hydrogen) atoms. The zero-order valence-corrected chi connectivity index (χ0v) is 5.90. The molecule has 0 unspecified atom stereocenters. The van der Waals surface area contributed by atoms with Crippen molar-refractivity contribution in [3.05, 3.63) is 12.3 Å². The quantitative estimate of drug-likeness (QED) is 0.523. The first kappa shape index (κ1) is 5.77. The summed E-state index contributed by atoms with van der Waals surface area (Å²) in [6.45, 7) is 3.11. The molecule has 0 bridgehead atoms. The van der Waals surface area contributed by atoms with E-state index in [0.29, 0.717) is 0 Å². The highest BCUT2D eigenvalue weighted by Gasteiger charge is 2.13. The van der Waals surface area contributed by atoms with E-state index in [1.54, 1.807) is 0 Å². The van der Waals surface area contributed by atoms with Crippen molar-refractivity contribution < 1.29 is 0 Å². The summed E-state index contributed by atoms with van der Waals surface area (Å²) in [6, 6.07) is 0. The van der Waals surface area contributed by atoms with Gasteiger partial charge in [0.2, 0.25) is 0 Å². The number of hydrogen-bond donors (Lipinski definition) is 0. The predicted octanol–water partition coefficient (Wildman–Crippen LogP) is 0.465. The first-order valence-electron chi connectivity index (χ1n) is 3.66. The molecule has 2 aliphatic heterocycles. The predicted molar refractivity (Wildman–Crippen MR) is 40.5 cm³/mol. The third kappa shape index (κ3) is 0.875. The molecule has 54 valence electrons. The summed E-state index contributed by atoms with van der Waals surface area (Å²) in [5, 5.41) is 4.36. The van der Waals surface area contributed by atoms with Crippen molar-refractivity contribution in [2.24, 2.45) is 4.99 Å². The van der Waals surface area contributed by atoms with Crippen LogP contribution >= 0.6 is 0 Å². The Labute approximate surface area is 60.6 Å². The fraction of sp³-hybridized carbons (Fsp3) is 0.571. The fourth-order valence-electron chi connectivity index (χ4n) is 1.26. The van der Waals surface area contributed by atoms with Gasteiger partial charge in [-0.2, -0.15) is 0 Å². The van der Waals surface area contributed by atoms with E-state index in [2.05, 4.69) is 27.3 Å². The van der Waals surface area contributed by atoms with Gasteiger partial charge in [-0.25, -0.2) is 0 Å². The molecule has 2 rings (SSSR count). The minimum Gasteiger partial charge on any atom is -0.292 e. The molecule has 0 spiro atoms. The van der Waals surface area contributed by atoms with Crippen LogP contribution in [0, 0.1) is 0 Å². The third-order valence-corrected chi connectivity index (χ3v) is 1.81. The highest BCUT2D eigenvalue weighted by Crippen LogP contribution is 2.08. The monoisotopic (exact) mass is 137 g/mol. The number of hydrazine groups is 1. The number of rotatable bonds is 1. The SMILES string of the molecule is C1=CN(N2C=NCC2)CC1. The van der Waals surface area contributed by atoms with Crippen molar-refractivity contribution in [3.8, 4) is 0 Å². The van der Waals surface area contributed by atoms with Crippen molar-refractivity contribution in [1.82, 2.24) is 10.0 Å². The zero-order chi connectivity index (χ0) is 6.81. The first-order valence-corrected chi connectivity index (χ1v) is 3.66. The molecular formula is C7H11N3. The van der Waals surface area contributed by atoms with Crippen LogP contribution in [-0.2, 0) is 0 Å². The molecule has 2 heterocycles. The van der Waals surface area contributed by atoms with Gasteiger partial charge < -0.3 is 0 Å². The molecule has 3 heteroatoms. The van der Waals surface area contributed by atoms with Crippen molar-refractivity contribution in [2.45, 2.75) is 6.42 Å². The second-order valence-corrected chi connectivity index (χ2v) is 2.52. The molecule has 0 N–H and O–H groups in total. The summed E-state index contributed by atoms with van der Waals surface area (Å²) in [7, 11) is 0. The van der Waals surface area contributed by atoms with Gasteiger partial charge in [0.1, 0.15) is 6.34 Å². The number of hydrogen-bond acceptors (Lipinski definition) is 3. The zero-order valence-electron chi connectivity index (χ0n) is 5.90. The van der Waals surface area contributed by atoms with E-state index in [0.717, 1.165) is 19.6 Å². The maximum atomic E-state index is 4.13. The lowest BCUT2D eigenvalue weighted by molar-refractivity contribution is 0.136. The molecule has 0 radical (unpaired) electrons. The second-order valence-electron chi connectivity index (χ2n) is 2.52. The summed E-state index contributed by atoms with van der Waals surface area (Å²) in [4.78, 5) is 4.13. The number of nitrogens with zero attached hydrogens (tertiary/aromatic N) is 3. The lowest BCUT2D eigenvalue weighted by atomic mass is 10.5. The Hall–Kier alpha value is -0.990. The van der Waals surface area contributed by atoms with Crippen LogP contribution in [0.15, 0.2) is 17.3 Å². The minimum absolute atomic E-state index is 0.949. The minimum atomic E-state index is 0.949. The molecule has 3 nitrogen and oxygen atoms in total. The van der Waals surface area contributed by atoms with Crippen LogP contribution in [0.4, 0.5) is 0 Å². The fourth-order valence-corrected chi connectivity index (χ4v) is 1.26. The molecule has 0 saturated carbocycles. The van der Waals surface area contributed by atoms with Gasteiger partial charge in [0.25, 0.3) is 0 Å². The van der Waals surface area contributed by atoms with E-state index in [-0.39, 0.29) is 0 Å². The van der Waals surface area contributed by atoms with Crippen LogP contribution in [-0.4, -0.2) is 36.0 Å². The van der Waals surface area contributed by atoms with Gasteiger partial charge in [-0.15, -0.1) is 0 Å². The molecule has 0 saturated heterocycles. The molecule has 0 aromatic carbocycles. The van der Waals surface area contributed by atoms with E-state index in [9.17, 15) is 0 Å². The first-order chi connectivity index (χ1) is 4.97. The second kappa shape index (κ2) is 2.33. The van der Waals surface area contributed by atoms with Gasteiger partial charge in [-0.3, -0.25) is 15.0 Å². The molecule has 0 aromatic heterocycles. The van der Waals surface area contributed by atoms with Crippen molar-refractivity contribution >= 4 is 6.34 Å². The number of aliphatic imine (C=N–C) groups is 1. The summed E-state index contributed by atoms with van der Waals surface area (Å²) in [5.74, 6) is 0. The Morgan fingerprint density at radius 3 is 2.80 bits per heavy atom. The molecule has 0 fully saturated rings. The smallest absolute Gasteiger partial charge is 0.104 e. The van der Waals surface area contributed by atoms with Crippen LogP contribution in [0.1, 0.15) is 6.42 Å². The van der Waals surface area contributed by atoms with Crippen LogP contribution in [0.3, 0.4) is 0 Å². The van der Waals surface area contributed by atoms with E-state index in [1.807, 2.05) is 6.34 Å². The Morgan fingerprint density at radius 2 is 2.20 bits per heavy atom. The maximum Gasteiger partial charge on any atom is 0.104 e. The van der Waals surface area contributed by atoms with Gasteiger partial charge in [0.15, 0.2) is 0 Å². The van der Waals surface area contributed by atoms with Crippen molar-refractivity contribution in [3.63, 3.8) is 0 Å². The third-order valence-electron chi connectivity index (χ3n) is 1.81. The standard InChI is InChI=1S/C7H11N3/c1-2-5-9(4-1)10-6-3-8-7-10/h1,4,7H,2-3,5-6H2. The maximum absolute atomic E-state index is 4.13. The van der Waals surface area contributed by atoms with Gasteiger partial charge in [0.05, 0.1) is 13.1 Å². The Bertz CT molecular complexity index is 154. The van der Waals surface area contributed by atoms with Crippen LogP contribution in [0.25, 0.3) is 0 Å². The largest absolute Gasteiger partial charge is 0.292 e. The Morgan fingerprint density at radius 1 is 1.20 bits per heavy atom.